The van der Waals surface area contributed by atoms with Gasteiger partial charge in [0.2, 0.25) is 0 Å². The van der Waals surface area contributed by atoms with Crippen LogP contribution in [0.1, 0.15) is 0 Å². The van der Waals surface area contributed by atoms with Gasteiger partial charge in [0.1, 0.15) is 11.0 Å². The minimum Gasteiger partial charge on any atom is -0.253 e. The van der Waals surface area contributed by atoms with Crippen LogP contribution in [0.2, 0.25) is 0 Å². The van der Waals surface area contributed by atoms with Gasteiger partial charge in [-0.1, -0.05) is 0 Å². The first-order valence-corrected chi connectivity index (χ1v) is 4.51. The molecule has 3 aromatic heterocycles. The zero-order chi connectivity index (χ0) is 10.1. The summed E-state index contributed by atoms with van der Waals surface area (Å²) in [6.07, 6.45) is 6.91. The Bertz CT molecular complexity index is 554. The standard InChI is InChI=1S/C10H7N5/c1-3-8-9(11-4-1)7-15(14-8)10-12-5-2-6-13-10/h1-7H. The molecule has 0 fully saturated rings. The molecular formula is C10H7N5. The molecule has 0 aliphatic heterocycles. The maximum Gasteiger partial charge on any atom is 0.250 e. The Balaban J connectivity index is 2.21. The molecule has 5 nitrogen and oxygen atoms in total. The second-order valence-corrected chi connectivity index (χ2v) is 3.03. The highest BCUT2D eigenvalue weighted by molar-refractivity contribution is 5.73. The van der Waals surface area contributed by atoms with Crippen LogP contribution in [0.3, 0.4) is 0 Å². The van der Waals surface area contributed by atoms with Crippen molar-refractivity contribution in [1.82, 2.24) is 24.7 Å². The fourth-order valence-corrected chi connectivity index (χ4v) is 1.37. The van der Waals surface area contributed by atoms with Gasteiger partial charge in [-0.3, -0.25) is 4.98 Å². The summed E-state index contributed by atoms with van der Waals surface area (Å²) >= 11 is 0. The van der Waals surface area contributed by atoms with Crippen molar-refractivity contribution in [3.8, 4) is 5.95 Å². The minimum absolute atomic E-state index is 0.551. The van der Waals surface area contributed by atoms with Crippen LogP contribution >= 0.6 is 0 Å². The summed E-state index contributed by atoms with van der Waals surface area (Å²) in [5, 5.41) is 4.31. The van der Waals surface area contributed by atoms with Crippen LogP contribution in [0.5, 0.6) is 0 Å². The molecule has 0 bridgehead atoms. The van der Waals surface area contributed by atoms with Crippen LogP contribution < -0.4 is 0 Å². The molecule has 72 valence electrons. The first-order valence-electron chi connectivity index (χ1n) is 4.51. The van der Waals surface area contributed by atoms with E-state index in [4.69, 9.17) is 0 Å². The predicted octanol–water partition coefficient (Wildman–Crippen LogP) is 1.21. The molecule has 0 aliphatic carbocycles. The van der Waals surface area contributed by atoms with E-state index in [1.807, 2.05) is 18.3 Å². The number of pyridine rings is 1. The van der Waals surface area contributed by atoms with E-state index >= 15 is 0 Å². The second-order valence-electron chi connectivity index (χ2n) is 3.03. The third-order valence-electron chi connectivity index (χ3n) is 2.03. The highest BCUT2D eigenvalue weighted by Gasteiger charge is 2.03. The summed E-state index contributed by atoms with van der Waals surface area (Å²) in [6, 6.07) is 5.53. The molecule has 0 saturated heterocycles. The molecule has 15 heavy (non-hydrogen) atoms. The Morgan fingerprint density at radius 2 is 1.67 bits per heavy atom. The van der Waals surface area contributed by atoms with Crippen molar-refractivity contribution in [2.24, 2.45) is 0 Å². The molecule has 0 aliphatic rings. The SMILES string of the molecule is c1cnc(-n2cc3ncccc3n2)nc1. The van der Waals surface area contributed by atoms with Crippen LogP contribution in [0, 0.1) is 0 Å². The van der Waals surface area contributed by atoms with Gasteiger partial charge in [-0.05, 0) is 18.2 Å². The van der Waals surface area contributed by atoms with Crippen molar-refractivity contribution >= 4 is 11.0 Å². The van der Waals surface area contributed by atoms with Crippen molar-refractivity contribution in [1.29, 1.82) is 0 Å². The van der Waals surface area contributed by atoms with Gasteiger partial charge >= 0.3 is 0 Å². The van der Waals surface area contributed by atoms with Crippen molar-refractivity contribution in [2.75, 3.05) is 0 Å². The van der Waals surface area contributed by atoms with E-state index in [2.05, 4.69) is 20.1 Å². The van der Waals surface area contributed by atoms with E-state index in [1.165, 1.54) is 0 Å². The lowest BCUT2D eigenvalue weighted by Gasteiger charge is -1.95. The number of fused-ring (bicyclic) bond motifs is 1. The number of nitrogens with zero attached hydrogens (tertiary/aromatic N) is 5. The molecule has 5 heteroatoms. The lowest BCUT2D eigenvalue weighted by Crippen LogP contribution is -1.99. The maximum atomic E-state index is 4.31. The first-order chi connectivity index (χ1) is 7.43. The molecule has 0 N–H and O–H groups in total. The normalized spacial score (nSPS) is 10.7. The number of hydrogen-bond donors (Lipinski definition) is 0. The Labute approximate surface area is 85.4 Å². The van der Waals surface area contributed by atoms with Gasteiger partial charge in [-0.15, -0.1) is 0 Å². The smallest absolute Gasteiger partial charge is 0.250 e. The van der Waals surface area contributed by atoms with Crippen molar-refractivity contribution < 1.29 is 0 Å². The van der Waals surface area contributed by atoms with Crippen LogP contribution in [-0.2, 0) is 0 Å². The molecule has 3 aromatic rings. The second kappa shape index (κ2) is 3.13. The van der Waals surface area contributed by atoms with Crippen LogP contribution in [0.25, 0.3) is 17.0 Å². The van der Waals surface area contributed by atoms with Crippen molar-refractivity contribution in [2.45, 2.75) is 0 Å². The average Bonchev–Trinajstić information content (AvgIpc) is 2.74. The fourth-order valence-electron chi connectivity index (χ4n) is 1.37. The van der Waals surface area contributed by atoms with Crippen molar-refractivity contribution in [3.05, 3.63) is 43.0 Å². The highest BCUT2D eigenvalue weighted by Crippen LogP contribution is 2.09. The van der Waals surface area contributed by atoms with Crippen molar-refractivity contribution in [3.63, 3.8) is 0 Å². The molecule has 0 saturated carbocycles. The molecule has 0 unspecified atom stereocenters. The molecule has 0 amide bonds. The van der Waals surface area contributed by atoms with Gasteiger partial charge in [-0.25, -0.2) is 14.6 Å². The first kappa shape index (κ1) is 8.05. The Morgan fingerprint density at radius 3 is 2.47 bits per heavy atom. The van der Waals surface area contributed by atoms with E-state index in [0.717, 1.165) is 11.0 Å². The predicted molar refractivity (Wildman–Crippen MR) is 54.5 cm³/mol. The Hall–Kier alpha value is -2.30. The topological polar surface area (TPSA) is 56.5 Å². The van der Waals surface area contributed by atoms with Gasteiger partial charge in [0, 0.05) is 18.6 Å². The van der Waals surface area contributed by atoms with Gasteiger partial charge in [0.25, 0.3) is 5.95 Å². The van der Waals surface area contributed by atoms with E-state index in [-0.39, 0.29) is 0 Å². The summed E-state index contributed by atoms with van der Waals surface area (Å²) in [5.41, 5.74) is 1.68. The number of hydrogen-bond acceptors (Lipinski definition) is 4. The zero-order valence-electron chi connectivity index (χ0n) is 7.78. The third kappa shape index (κ3) is 1.34. The minimum atomic E-state index is 0.551. The lowest BCUT2D eigenvalue weighted by atomic mass is 10.4. The molecule has 0 spiro atoms. The largest absolute Gasteiger partial charge is 0.253 e. The van der Waals surface area contributed by atoms with E-state index < -0.39 is 0 Å². The van der Waals surface area contributed by atoms with E-state index in [9.17, 15) is 0 Å². The third-order valence-corrected chi connectivity index (χ3v) is 2.03. The number of rotatable bonds is 1. The van der Waals surface area contributed by atoms with Crippen LogP contribution in [0.4, 0.5) is 0 Å². The molecule has 0 atom stereocenters. The maximum absolute atomic E-state index is 4.31. The molecule has 3 heterocycles. The van der Waals surface area contributed by atoms with Crippen LogP contribution in [0.15, 0.2) is 43.0 Å². The summed E-state index contributed by atoms with van der Waals surface area (Å²) in [6.45, 7) is 0. The summed E-state index contributed by atoms with van der Waals surface area (Å²) in [4.78, 5) is 12.4. The molecule has 0 aromatic carbocycles. The Kier molecular flexibility index (Phi) is 1.68. The lowest BCUT2D eigenvalue weighted by molar-refractivity contribution is 0.819. The Morgan fingerprint density at radius 1 is 0.867 bits per heavy atom. The van der Waals surface area contributed by atoms with Gasteiger partial charge in [0.05, 0.1) is 6.20 Å². The summed E-state index contributed by atoms with van der Waals surface area (Å²) in [7, 11) is 0. The highest BCUT2D eigenvalue weighted by atomic mass is 15.3. The van der Waals surface area contributed by atoms with E-state index in [1.54, 1.807) is 29.3 Å². The molecule has 0 radical (unpaired) electrons. The molecule has 3 rings (SSSR count). The van der Waals surface area contributed by atoms with Crippen LogP contribution in [-0.4, -0.2) is 24.7 Å². The summed E-state index contributed by atoms with van der Waals surface area (Å²) < 4.78 is 1.62. The molecular weight excluding hydrogens is 190 g/mol. The van der Waals surface area contributed by atoms with E-state index in [0.29, 0.717) is 5.95 Å². The fraction of sp³-hybridized carbons (Fsp3) is 0. The monoisotopic (exact) mass is 197 g/mol. The summed E-state index contributed by atoms with van der Waals surface area (Å²) in [5.74, 6) is 0.551. The van der Waals surface area contributed by atoms with Gasteiger partial charge < -0.3 is 0 Å². The zero-order valence-corrected chi connectivity index (χ0v) is 7.78. The van der Waals surface area contributed by atoms with Gasteiger partial charge in [-0.2, -0.15) is 5.10 Å². The van der Waals surface area contributed by atoms with Gasteiger partial charge in [0.15, 0.2) is 0 Å². The quantitative estimate of drug-likeness (QED) is 0.588. The number of aromatic nitrogens is 5. The average molecular weight is 197 g/mol.